The van der Waals surface area contributed by atoms with Gasteiger partial charge in [-0.15, -0.1) is 0 Å². The molecule has 0 aliphatic rings. The van der Waals surface area contributed by atoms with Gasteiger partial charge >= 0.3 is 0 Å². The smallest absolute Gasteiger partial charge is 0.185 e. The fourth-order valence-electron chi connectivity index (χ4n) is 2.16. The van der Waals surface area contributed by atoms with E-state index in [1.54, 1.807) is 7.11 Å². The number of benzene rings is 2. The molecule has 0 radical (unpaired) electrons. The van der Waals surface area contributed by atoms with Gasteiger partial charge in [-0.1, -0.05) is 30.3 Å². The first kappa shape index (κ1) is 13.1. The first-order chi connectivity index (χ1) is 9.79. The maximum atomic E-state index is 5.96. The van der Waals surface area contributed by atoms with Crippen LogP contribution in [0.5, 0.6) is 11.5 Å². The summed E-state index contributed by atoms with van der Waals surface area (Å²) in [4.78, 5) is 3.20. The van der Waals surface area contributed by atoms with Crippen LogP contribution in [0.15, 0.2) is 53.1 Å². The highest BCUT2D eigenvalue weighted by molar-refractivity contribution is 9.10. The number of ether oxygens (including phenoxy) is 2. The topological polar surface area (TPSA) is 34.2 Å². The summed E-state index contributed by atoms with van der Waals surface area (Å²) in [6, 6.07) is 14.0. The van der Waals surface area contributed by atoms with Crippen molar-refractivity contribution in [2.45, 2.75) is 6.61 Å². The van der Waals surface area contributed by atoms with Crippen LogP contribution in [0, 0.1) is 0 Å². The molecule has 0 amide bonds. The van der Waals surface area contributed by atoms with Crippen molar-refractivity contribution >= 4 is 26.8 Å². The SMILES string of the molecule is COc1cc(Br)c2cc[nH]c2c1OCc1ccccc1. The minimum Gasteiger partial charge on any atom is -0.493 e. The van der Waals surface area contributed by atoms with Crippen LogP contribution < -0.4 is 9.47 Å². The minimum absolute atomic E-state index is 0.507. The number of aromatic amines is 1. The molecule has 1 N–H and O–H groups in total. The highest BCUT2D eigenvalue weighted by Gasteiger charge is 2.14. The standard InChI is InChI=1S/C16H14BrNO2/c1-19-14-9-13(17)12-7-8-18-15(12)16(14)20-10-11-5-3-2-4-6-11/h2-9,18H,10H2,1H3. The van der Waals surface area contributed by atoms with Crippen molar-refractivity contribution in [2.24, 2.45) is 0 Å². The second kappa shape index (κ2) is 5.59. The zero-order valence-corrected chi connectivity index (χ0v) is 12.6. The van der Waals surface area contributed by atoms with Crippen LogP contribution in [-0.2, 0) is 6.61 Å². The molecule has 4 heteroatoms. The lowest BCUT2D eigenvalue weighted by molar-refractivity contribution is 0.288. The Morgan fingerprint density at radius 2 is 1.95 bits per heavy atom. The number of methoxy groups -OCH3 is 1. The molecule has 0 bridgehead atoms. The molecule has 0 spiro atoms. The normalized spacial score (nSPS) is 10.7. The van der Waals surface area contributed by atoms with E-state index in [0.717, 1.165) is 26.7 Å². The van der Waals surface area contributed by atoms with Crippen LogP contribution in [0.1, 0.15) is 5.56 Å². The molecule has 3 rings (SSSR count). The number of halogens is 1. The Bertz CT molecular complexity index is 722. The number of hydrogen-bond acceptors (Lipinski definition) is 2. The van der Waals surface area contributed by atoms with Gasteiger partial charge in [0, 0.05) is 16.1 Å². The number of hydrogen-bond donors (Lipinski definition) is 1. The van der Waals surface area contributed by atoms with E-state index in [0.29, 0.717) is 12.4 Å². The lowest BCUT2D eigenvalue weighted by atomic mass is 10.2. The molecule has 0 saturated heterocycles. The summed E-state index contributed by atoms with van der Waals surface area (Å²) in [5.74, 6) is 1.45. The summed E-state index contributed by atoms with van der Waals surface area (Å²) in [5.41, 5.74) is 2.06. The predicted octanol–water partition coefficient (Wildman–Crippen LogP) is 4.52. The van der Waals surface area contributed by atoms with E-state index >= 15 is 0 Å². The van der Waals surface area contributed by atoms with Gasteiger partial charge in [-0.05, 0) is 33.6 Å². The number of aromatic nitrogens is 1. The second-order valence-corrected chi connectivity index (χ2v) is 5.28. The predicted molar refractivity (Wildman–Crippen MR) is 83.3 cm³/mol. The lowest BCUT2D eigenvalue weighted by Crippen LogP contribution is -1.98. The molecular weight excluding hydrogens is 318 g/mol. The van der Waals surface area contributed by atoms with E-state index in [9.17, 15) is 0 Å². The third-order valence-corrected chi connectivity index (χ3v) is 3.81. The highest BCUT2D eigenvalue weighted by atomic mass is 79.9. The summed E-state index contributed by atoms with van der Waals surface area (Å²) in [6.07, 6.45) is 1.89. The van der Waals surface area contributed by atoms with Gasteiger partial charge in [0.1, 0.15) is 6.61 Å². The van der Waals surface area contributed by atoms with Crippen LogP contribution in [0.3, 0.4) is 0 Å². The van der Waals surface area contributed by atoms with E-state index in [1.165, 1.54) is 0 Å². The van der Waals surface area contributed by atoms with Gasteiger partial charge in [-0.2, -0.15) is 0 Å². The van der Waals surface area contributed by atoms with Gasteiger partial charge in [0.05, 0.1) is 12.6 Å². The Morgan fingerprint density at radius 3 is 2.70 bits per heavy atom. The monoisotopic (exact) mass is 331 g/mol. The molecule has 1 heterocycles. The largest absolute Gasteiger partial charge is 0.493 e. The van der Waals surface area contributed by atoms with E-state index < -0.39 is 0 Å². The summed E-state index contributed by atoms with van der Waals surface area (Å²) < 4.78 is 12.4. The van der Waals surface area contributed by atoms with Crippen LogP contribution in [0.2, 0.25) is 0 Å². The van der Waals surface area contributed by atoms with Gasteiger partial charge in [0.25, 0.3) is 0 Å². The molecule has 20 heavy (non-hydrogen) atoms. The first-order valence-corrected chi connectivity index (χ1v) is 7.09. The van der Waals surface area contributed by atoms with Gasteiger partial charge in [-0.25, -0.2) is 0 Å². The van der Waals surface area contributed by atoms with Gasteiger partial charge < -0.3 is 14.5 Å². The van der Waals surface area contributed by atoms with E-state index in [1.807, 2.05) is 48.7 Å². The molecule has 0 aliphatic heterocycles. The maximum Gasteiger partial charge on any atom is 0.185 e. The third kappa shape index (κ3) is 2.39. The van der Waals surface area contributed by atoms with Crippen LogP contribution >= 0.6 is 15.9 Å². The highest BCUT2D eigenvalue weighted by Crippen LogP contribution is 2.39. The quantitative estimate of drug-likeness (QED) is 0.762. The zero-order valence-electron chi connectivity index (χ0n) is 11.0. The van der Waals surface area contributed by atoms with Crippen molar-refractivity contribution in [1.82, 2.24) is 4.98 Å². The van der Waals surface area contributed by atoms with Crippen molar-refractivity contribution in [3.8, 4) is 11.5 Å². The van der Waals surface area contributed by atoms with Gasteiger partial charge in [0.2, 0.25) is 0 Å². The fourth-order valence-corrected chi connectivity index (χ4v) is 2.70. The molecule has 0 saturated carbocycles. The number of H-pyrrole nitrogens is 1. The molecule has 2 aromatic carbocycles. The van der Waals surface area contributed by atoms with Gasteiger partial charge in [-0.3, -0.25) is 0 Å². The summed E-state index contributed by atoms with van der Waals surface area (Å²) in [7, 11) is 1.64. The zero-order chi connectivity index (χ0) is 13.9. The van der Waals surface area contributed by atoms with E-state index in [2.05, 4.69) is 20.9 Å². The average molecular weight is 332 g/mol. The Hall–Kier alpha value is -1.94. The number of fused-ring (bicyclic) bond motifs is 1. The fraction of sp³-hybridized carbons (Fsp3) is 0.125. The molecule has 3 aromatic rings. The molecule has 1 aromatic heterocycles. The van der Waals surface area contributed by atoms with Crippen LogP contribution in [0.25, 0.3) is 10.9 Å². The van der Waals surface area contributed by atoms with Gasteiger partial charge in [0.15, 0.2) is 11.5 Å². The molecule has 0 fully saturated rings. The number of nitrogens with one attached hydrogen (secondary N) is 1. The van der Waals surface area contributed by atoms with Crippen molar-refractivity contribution in [3.05, 3.63) is 58.7 Å². The molecule has 0 atom stereocenters. The summed E-state index contributed by atoms with van der Waals surface area (Å²) in [5, 5.41) is 1.08. The lowest BCUT2D eigenvalue weighted by Gasteiger charge is -2.13. The van der Waals surface area contributed by atoms with Crippen molar-refractivity contribution < 1.29 is 9.47 Å². The molecule has 0 aliphatic carbocycles. The van der Waals surface area contributed by atoms with E-state index in [-0.39, 0.29) is 0 Å². The molecule has 102 valence electrons. The first-order valence-electron chi connectivity index (χ1n) is 6.30. The third-order valence-electron chi connectivity index (χ3n) is 3.16. The molecule has 3 nitrogen and oxygen atoms in total. The number of rotatable bonds is 4. The van der Waals surface area contributed by atoms with E-state index in [4.69, 9.17) is 9.47 Å². The summed E-state index contributed by atoms with van der Waals surface area (Å²) >= 11 is 3.54. The summed E-state index contributed by atoms with van der Waals surface area (Å²) in [6.45, 7) is 0.507. The van der Waals surface area contributed by atoms with Crippen LogP contribution in [-0.4, -0.2) is 12.1 Å². The van der Waals surface area contributed by atoms with Crippen LogP contribution in [0.4, 0.5) is 0 Å². The Kier molecular flexibility index (Phi) is 3.65. The van der Waals surface area contributed by atoms with Crippen molar-refractivity contribution in [2.75, 3.05) is 7.11 Å². The maximum absolute atomic E-state index is 5.96. The molecular formula is C16H14BrNO2. The van der Waals surface area contributed by atoms with Crippen molar-refractivity contribution in [1.29, 1.82) is 0 Å². The Morgan fingerprint density at radius 1 is 1.15 bits per heavy atom. The molecule has 0 unspecified atom stereocenters. The second-order valence-electron chi connectivity index (χ2n) is 4.43. The Labute approximate surface area is 125 Å². The average Bonchev–Trinajstić information content (AvgIpc) is 2.97. The Balaban J connectivity index is 1.97. The minimum atomic E-state index is 0.507. The van der Waals surface area contributed by atoms with Crippen molar-refractivity contribution in [3.63, 3.8) is 0 Å².